The fourth-order valence-electron chi connectivity index (χ4n) is 0.578. The van der Waals surface area contributed by atoms with Crippen molar-refractivity contribution in [2.45, 2.75) is 0 Å². The molecule has 0 saturated heterocycles. The van der Waals surface area contributed by atoms with Gasteiger partial charge in [-0.1, -0.05) is 17.7 Å². The van der Waals surface area contributed by atoms with E-state index in [-0.39, 0.29) is 0 Å². The summed E-state index contributed by atoms with van der Waals surface area (Å²) in [6, 6.07) is 7.22. The molecule has 0 aliphatic heterocycles. The number of rotatable bonds is 1. The molecule has 9 heavy (non-hydrogen) atoms. The highest BCUT2D eigenvalue weighted by molar-refractivity contribution is 6.30. The molecule has 0 heterocycles. The molecule has 1 aromatic carbocycles. The van der Waals surface area contributed by atoms with E-state index in [1.807, 2.05) is 12.1 Å². The van der Waals surface area contributed by atoms with Crippen LogP contribution in [0.5, 0.6) is 0 Å². The summed E-state index contributed by atoms with van der Waals surface area (Å²) in [7, 11) is 5.11. The second-order valence-electron chi connectivity index (χ2n) is 1.65. The smallest absolute Gasteiger partial charge is 0.0705 e. The van der Waals surface area contributed by atoms with E-state index in [1.165, 1.54) is 0 Å². The van der Waals surface area contributed by atoms with E-state index in [0.717, 1.165) is 5.69 Å². The van der Waals surface area contributed by atoms with Crippen molar-refractivity contribution in [2.24, 2.45) is 0 Å². The maximum Gasteiger partial charge on any atom is 0.0705 e. The SMILES string of the molecule is [CH]Nc1cccc(Cl)c1. The summed E-state index contributed by atoms with van der Waals surface area (Å²) in [6.07, 6.45) is 0. The monoisotopic (exact) mass is 139 g/mol. The zero-order valence-corrected chi connectivity index (χ0v) is 5.52. The largest absolute Gasteiger partial charge is 0.378 e. The number of hydrogen-bond acceptors (Lipinski definition) is 1. The molecule has 0 saturated carbocycles. The summed E-state index contributed by atoms with van der Waals surface area (Å²) in [6.45, 7) is 0. The van der Waals surface area contributed by atoms with Crippen molar-refractivity contribution in [2.75, 3.05) is 5.32 Å². The van der Waals surface area contributed by atoms with Crippen LogP contribution in [0, 0.1) is 7.05 Å². The summed E-state index contributed by atoms with van der Waals surface area (Å²) in [4.78, 5) is 0. The van der Waals surface area contributed by atoms with Crippen LogP contribution in [0.2, 0.25) is 5.02 Å². The van der Waals surface area contributed by atoms with Gasteiger partial charge in [-0.3, -0.25) is 0 Å². The predicted octanol–water partition coefficient (Wildman–Crippen LogP) is 2.42. The molecule has 2 radical (unpaired) electrons. The molecule has 1 nitrogen and oxygen atoms in total. The molecule has 46 valence electrons. The van der Waals surface area contributed by atoms with E-state index in [1.54, 1.807) is 12.1 Å². The Labute approximate surface area is 59.6 Å². The summed E-state index contributed by atoms with van der Waals surface area (Å²) in [5, 5.41) is 3.17. The zero-order chi connectivity index (χ0) is 6.69. The average molecular weight is 140 g/mol. The van der Waals surface area contributed by atoms with Crippen LogP contribution in [0.25, 0.3) is 0 Å². The molecule has 2 heteroatoms. The van der Waals surface area contributed by atoms with Crippen molar-refractivity contribution in [3.63, 3.8) is 0 Å². The van der Waals surface area contributed by atoms with Crippen LogP contribution in [0.15, 0.2) is 24.3 Å². The minimum Gasteiger partial charge on any atom is -0.378 e. The number of nitrogens with one attached hydrogen (secondary N) is 1. The average Bonchev–Trinajstić information content (AvgIpc) is 1.88. The van der Waals surface area contributed by atoms with Crippen molar-refractivity contribution in [3.8, 4) is 0 Å². The van der Waals surface area contributed by atoms with Gasteiger partial charge in [-0.15, -0.1) is 0 Å². The molecule has 1 aromatic rings. The number of benzene rings is 1. The van der Waals surface area contributed by atoms with Gasteiger partial charge < -0.3 is 5.32 Å². The van der Waals surface area contributed by atoms with Crippen LogP contribution >= 0.6 is 11.6 Å². The Balaban J connectivity index is 2.94. The second-order valence-corrected chi connectivity index (χ2v) is 2.09. The standard InChI is InChI=1S/C7H6ClN/c1-9-7-4-2-3-6(8)5-7/h1-5,9H. The minimum atomic E-state index is 0.686. The van der Waals surface area contributed by atoms with Gasteiger partial charge in [0.2, 0.25) is 0 Å². The third kappa shape index (κ3) is 1.61. The highest BCUT2D eigenvalue weighted by Crippen LogP contribution is 2.13. The first-order valence-electron chi connectivity index (χ1n) is 2.55. The highest BCUT2D eigenvalue weighted by Gasteiger charge is 1.86. The topological polar surface area (TPSA) is 12.0 Å². The van der Waals surface area contributed by atoms with Crippen molar-refractivity contribution in [1.29, 1.82) is 0 Å². The van der Waals surface area contributed by atoms with Crippen LogP contribution < -0.4 is 5.32 Å². The molecular weight excluding hydrogens is 134 g/mol. The van der Waals surface area contributed by atoms with Gasteiger partial charge in [-0.25, -0.2) is 0 Å². The van der Waals surface area contributed by atoms with Crippen LogP contribution in [-0.2, 0) is 0 Å². The van der Waals surface area contributed by atoms with Crippen LogP contribution in [0.4, 0.5) is 5.69 Å². The molecule has 1 rings (SSSR count). The third-order valence-electron chi connectivity index (χ3n) is 0.991. The molecule has 0 fully saturated rings. The molecular formula is C7H6ClN. The van der Waals surface area contributed by atoms with Crippen molar-refractivity contribution >= 4 is 17.3 Å². The molecule has 1 N–H and O–H groups in total. The van der Waals surface area contributed by atoms with E-state index < -0.39 is 0 Å². The Bertz CT molecular complexity index is 198. The molecule has 0 aliphatic rings. The van der Waals surface area contributed by atoms with Gasteiger partial charge in [0, 0.05) is 10.7 Å². The summed E-state index contributed by atoms with van der Waals surface area (Å²) in [5.74, 6) is 0. The van der Waals surface area contributed by atoms with Gasteiger partial charge in [0.15, 0.2) is 0 Å². The maximum atomic E-state index is 5.63. The summed E-state index contributed by atoms with van der Waals surface area (Å²) < 4.78 is 0. The maximum absolute atomic E-state index is 5.63. The lowest BCUT2D eigenvalue weighted by Crippen LogP contribution is -1.81. The van der Waals surface area contributed by atoms with Crippen LogP contribution in [-0.4, -0.2) is 0 Å². The summed E-state index contributed by atoms with van der Waals surface area (Å²) >= 11 is 5.63. The number of halogens is 1. The number of anilines is 1. The van der Waals surface area contributed by atoms with Gasteiger partial charge >= 0.3 is 0 Å². The third-order valence-corrected chi connectivity index (χ3v) is 1.23. The van der Waals surface area contributed by atoms with Gasteiger partial charge in [-0.2, -0.15) is 0 Å². The minimum absolute atomic E-state index is 0.686. The highest BCUT2D eigenvalue weighted by atomic mass is 35.5. The van der Waals surface area contributed by atoms with Gasteiger partial charge in [0.1, 0.15) is 0 Å². The van der Waals surface area contributed by atoms with E-state index in [4.69, 9.17) is 18.6 Å². The van der Waals surface area contributed by atoms with E-state index >= 15 is 0 Å². The Morgan fingerprint density at radius 3 is 2.67 bits per heavy atom. The Hall–Kier alpha value is -0.690. The zero-order valence-electron chi connectivity index (χ0n) is 4.76. The quantitative estimate of drug-likeness (QED) is 0.590. The predicted molar refractivity (Wildman–Crippen MR) is 39.4 cm³/mol. The first kappa shape index (κ1) is 6.43. The number of hydrogen-bond donors (Lipinski definition) is 1. The van der Waals surface area contributed by atoms with Crippen molar-refractivity contribution in [3.05, 3.63) is 36.3 Å². The first-order chi connectivity index (χ1) is 4.33. The molecule has 0 unspecified atom stereocenters. The van der Waals surface area contributed by atoms with Gasteiger partial charge in [0.05, 0.1) is 7.05 Å². The molecule has 0 spiro atoms. The Kier molecular flexibility index (Phi) is 1.96. The fourth-order valence-corrected chi connectivity index (χ4v) is 0.769. The molecule has 0 atom stereocenters. The van der Waals surface area contributed by atoms with Crippen molar-refractivity contribution in [1.82, 2.24) is 0 Å². The lowest BCUT2D eigenvalue weighted by Gasteiger charge is -1.96. The lowest BCUT2D eigenvalue weighted by atomic mass is 10.3. The molecule has 0 aromatic heterocycles. The van der Waals surface area contributed by atoms with E-state index in [0.29, 0.717) is 5.02 Å². The van der Waals surface area contributed by atoms with Gasteiger partial charge in [0.25, 0.3) is 0 Å². The van der Waals surface area contributed by atoms with Crippen molar-refractivity contribution < 1.29 is 0 Å². The molecule has 0 aliphatic carbocycles. The molecule has 0 bridgehead atoms. The normalized spacial score (nSPS) is 9.11. The first-order valence-corrected chi connectivity index (χ1v) is 2.93. The fraction of sp³-hybridized carbons (Fsp3) is 0. The Morgan fingerprint density at radius 2 is 2.22 bits per heavy atom. The van der Waals surface area contributed by atoms with E-state index in [2.05, 4.69) is 5.32 Å². The second kappa shape index (κ2) is 2.74. The van der Waals surface area contributed by atoms with Gasteiger partial charge in [-0.05, 0) is 18.2 Å². The van der Waals surface area contributed by atoms with Crippen LogP contribution in [0.1, 0.15) is 0 Å². The Morgan fingerprint density at radius 1 is 1.44 bits per heavy atom. The lowest BCUT2D eigenvalue weighted by molar-refractivity contribution is 1.59. The van der Waals surface area contributed by atoms with E-state index in [9.17, 15) is 0 Å². The molecule has 0 amide bonds. The van der Waals surface area contributed by atoms with Crippen LogP contribution in [0.3, 0.4) is 0 Å². The summed E-state index contributed by atoms with van der Waals surface area (Å²) in [5.41, 5.74) is 0.822.